The van der Waals surface area contributed by atoms with Crippen LogP contribution in [0, 0.1) is 0 Å². The molecule has 1 amide bonds. The number of sulfonamides is 1. The average molecular weight is 433 g/mol. The van der Waals surface area contributed by atoms with Crippen LogP contribution in [0.3, 0.4) is 0 Å². The molecule has 31 heavy (non-hydrogen) atoms. The van der Waals surface area contributed by atoms with Gasteiger partial charge in [-0.3, -0.25) is 4.79 Å². The quantitative estimate of drug-likeness (QED) is 0.346. The lowest BCUT2D eigenvalue weighted by molar-refractivity contribution is -0.112. The second kappa shape index (κ2) is 8.05. The first-order valence-corrected chi connectivity index (χ1v) is 10.8. The van der Waals surface area contributed by atoms with E-state index in [9.17, 15) is 13.2 Å². The number of nitrogens with zero attached hydrogens (tertiary/aromatic N) is 1. The first-order chi connectivity index (χ1) is 14.8. The summed E-state index contributed by atoms with van der Waals surface area (Å²) in [6, 6.07) is 18.9. The second-order valence-corrected chi connectivity index (χ2v) is 8.38. The van der Waals surface area contributed by atoms with Crippen molar-refractivity contribution in [2.24, 2.45) is 10.9 Å². The van der Waals surface area contributed by atoms with Crippen LogP contribution in [0.4, 0.5) is 11.5 Å². The van der Waals surface area contributed by atoms with E-state index in [1.165, 1.54) is 12.1 Å². The fraction of sp³-hybridized carbons (Fsp3) is 0. The normalized spacial score (nSPS) is 12.1. The lowest BCUT2D eigenvalue weighted by atomic mass is 10.0. The minimum absolute atomic E-state index is 0.0333. The lowest BCUT2D eigenvalue weighted by Gasteiger charge is -2.07. The van der Waals surface area contributed by atoms with Gasteiger partial charge >= 0.3 is 0 Å². The topological polar surface area (TPSA) is 144 Å². The van der Waals surface area contributed by atoms with Crippen molar-refractivity contribution in [1.29, 1.82) is 0 Å². The Labute approximate surface area is 178 Å². The molecule has 8 nitrogen and oxygen atoms in total. The number of aromatic nitrogens is 2. The molecule has 0 aliphatic heterocycles. The molecule has 2 aromatic heterocycles. The molecule has 0 aliphatic rings. The molecule has 0 saturated heterocycles. The molecule has 0 aliphatic carbocycles. The molecular formula is C22H19N5O3S. The minimum atomic E-state index is -3.74. The number of H-pyrrole nitrogens is 1. The third-order valence-electron chi connectivity index (χ3n) is 4.68. The van der Waals surface area contributed by atoms with Crippen LogP contribution in [-0.4, -0.2) is 24.3 Å². The monoisotopic (exact) mass is 433 g/mol. The van der Waals surface area contributed by atoms with Crippen molar-refractivity contribution in [3.05, 3.63) is 84.1 Å². The summed E-state index contributed by atoms with van der Waals surface area (Å²) in [6.45, 7) is 0. The van der Waals surface area contributed by atoms with E-state index in [0.717, 1.165) is 16.5 Å². The number of hydrogen-bond acceptors (Lipinski definition) is 5. The molecule has 0 unspecified atom stereocenters. The number of hydrogen-bond donors (Lipinski definition) is 4. The van der Waals surface area contributed by atoms with Gasteiger partial charge in [-0.2, -0.15) is 0 Å². The summed E-state index contributed by atoms with van der Waals surface area (Å²) in [5.41, 5.74) is 8.78. The highest BCUT2D eigenvalue weighted by atomic mass is 32.2. The summed E-state index contributed by atoms with van der Waals surface area (Å²) in [5.74, 6) is 0.0427. The van der Waals surface area contributed by atoms with Gasteiger partial charge in [0.2, 0.25) is 15.9 Å². The van der Waals surface area contributed by atoms with E-state index in [1.807, 2.05) is 36.4 Å². The maximum atomic E-state index is 12.0. The van der Waals surface area contributed by atoms with E-state index in [0.29, 0.717) is 22.7 Å². The predicted molar refractivity (Wildman–Crippen MR) is 121 cm³/mol. The summed E-state index contributed by atoms with van der Waals surface area (Å²) < 4.78 is 22.7. The predicted octanol–water partition coefficient (Wildman–Crippen LogP) is 2.98. The number of primary amides is 1. The Morgan fingerprint density at radius 2 is 1.71 bits per heavy atom. The zero-order chi connectivity index (χ0) is 22.0. The number of pyridine rings is 1. The van der Waals surface area contributed by atoms with Gasteiger partial charge in [0.05, 0.1) is 4.90 Å². The van der Waals surface area contributed by atoms with Crippen LogP contribution in [0.25, 0.3) is 22.7 Å². The van der Waals surface area contributed by atoms with E-state index in [1.54, 1.807) is 30.5 Å². The molecule has 0 bridgehead atoms. The number of nitrogens with one attached hydrogen (secondary N) is 2. The molecule has 0 fully saturated rings. The Hall–Kier alpha value is -3.95. The lowest BCUT2D eigenvalue weighted by Crippen LogP contribution is -2.12. The van der Waals surface area contributed by atoms with E-state index in [4.69, 9.17) is 10.9 Å². The van der Waals surface area contributed by atoms with Crippen molar-refractivity contribution in [1.82, 2.24) is 9.97 Å². The van der Waals surface area contributed by atoms with E-state index >= 15 is 0 Å². The van der Waals surface area contributed by atoms with Gasteiger partial charge in [-0.1, -0.05) is 30.3 Å². The maximum absolute atomic E-state index is 12.0. The van der Waals surface area contributed by atoms with Crippen LogP contribution in [0.2, 0.25) is 0 Å². The van der Waals surface area contributed by atoms with Crippen molar-refractivity contribution in [2.75, 3.05) is 5.32 Å². The SMILES string of the molecule is NC(=O)C(=Cc1c[nH]c2nc(Nc3ccc(S(N)(=O)=O)cc3)ccc12)c1ccccc1. The Bertz CT molecular complexity index is 1390. The molecule has 4 aromatic rings. The van der Waals surface area contributed by atoms with Gasteiger partial charge in [-0.15, -0.1) is 0 Å². The number of carbonyl (C=O) groups excluding carboxylic acids is 1. The minimum Gasteiger partial charge on any atom is -0.366 e. The standard InChI is InChI=1S/C22H19N5O3S/c23-21(28)19(14-4-2-1-3-5-14)12-15-13-25-22-18(15)10-11-20(27-22)26-16-6-8-17(9-7-16)31(24,29)30/h1-13H,(H2,23,28)(H2,24,29,30)(H2,25,26,27). The zero-order valence-electron chi connectivity index (χ0n) is 16.2. The summed E-state index contributed by atoms with van der Waals surface area (Å²) >= 11 is 0. The van der Waals surface area contributed by atoms with Crippen LogP contribution < -0.4 is 16.2 Å². The largest absolute Gasteiger partial charge is 0.366 e. The van der Waals surface area contributed by atoms with Crippen LogP contribution in [0.1, 0.15) is 11.1 Å². The van der Waals surface area contributed by atoms with Gasteiger partial charge < -0.3 is 16.0 Å². The van der Waals surface area contributed by atoms with Crippen LogP contribution >= 0.6 is 0 Å². The number of anilines is 2. The summed E-state index contributed by atoms with van der Waals surface area (Å²) in [7, 11) is -3.74. The molecule has 9 heteroatoms. The molecule has 0 atom stereocenters. The number of rotatable bonds is 6. The van der Waals surface area contributed by atoms with Gasteiger partial charge in [0.25, 0.3) is 0 Å². The van der Waals surface area contributed by atoms with Crippen molar-refractivity contribution >= 4 is 50.1 Å². The summed E-state index contributed by atoms with van der Waals surface area (Å²) in [6.07, 6.45) is 3.49. The molecule has 0 saturated carbocycles. The van der Waals surface area contributed by atoms with Gasteiger partial charge in [0.1, 0.15) is 11.5 Å². The number of carbonyl (C=O) groups is 1. The Balaban J connectivity index is 1.63. The van der Waals surface area contributed by atoms with Gasteiger partial charge in [-0.05, 0) is 48.0 Å². The van der Waals surface area contributed by atoms with Gasteiger partial charge in [-0.25, -0.2) is 18.5 Å². The number of primary sulfonamides is 1. The van der Waals surface area contributed by atoms with Crippen molar-refractivity contribution in [3.63, 3.8) is 0 Å². The third-order valence-corrected chi connectivity index (χ3v) is 5.61. The van der Waals surface area contributed by atoms with E-state index in [2.05, 4.69) is 15.3 Å². The number of fused-ring (bicyclic) bond motifs is 1. The molecular weight excluding hydrogens is 414 g/mol. The first kappa shape index (κ1) is 20.3. The van der Waals surface area contributed by atoms with Crippen LogP contribution in [-0.2, 0) is 14.8 Å². The molecule has 2 heterocycles. The zero-order valence-corrected chi connectivity index (χ0v) is 17.1. The second-order valence-electron chi connectivity index (χ2n) is 6.82. The molecule has 4 rings (SSSR count). The van der Waals surface area contributed by atoms with Crippen molar-refractivity contribution < 1.29 is 13.2 Å². The third kappa shape index (κ3) is 4.47. The van der Waals surface area contributed by atoms with Crippen LogP contribution in [0.15, 0.2) is 77.8 Å². The summed E-state index contributed by atoms with van der Waals surface area (Å²) in [4.78, 5) is 19.6. The van der Waals surface area contributed by atoms with Crippen molar-refractivity contribution in [2.45, 2.75) is 4.90 Å². The number of aromatic amines is 1. The van der Waals surface area contributed by atoms with Crippen molar-refractivity contribution in [3.8, 4) is 0 Å². The van der Waals surface area contributed by atoms with Gasteiger partial charge in [0, 0.05) is 28.4 Å². The Kier molecular flexibility index (Phi) is 5.28. The van der Waals surface area contributed by atoms with E-state index < -0.39 is 15.9 Å². The average Bonchev–Trinajstić information content (AvgIpc) is 3.14. The smallest absolute Gasteiger partial charge is 0.249 e. The van der Waals surface area contributed by atoms with Crippen LogP contribution in [0.5, 0.6) is 0 Å². The van der Waals surface area contributed by atoms with Gasteiger partial charge in [0.15, 0.2) is 0 Å². The molecule has 0 radical (unpaired) electrons. The number of benzene rings is 2. The molecule has 0 spiro atoms. The molecule has 6 N–H and O–H groups in total. The maximum Gasteiger partial charge on any atom is 0.249 e. The van der Waals surface area contributed by atoms with E-state index in [-0.39, 0.29) is 4.90 Å². The number of amides is 1. The fourth-order valence-electron chi connectivity index (χ4n) is 3.16. The Morgan fingerprint density at radius 1 is 1.00 bits per heavy atom. The highest BCUT2D eigenvalue weighted by Gasteiger charge is 2.11. The summed E-state index contributed by atoms with van der Waals surface area (Å²) in [5, 5.41) is 9.05. The molecule has 156 valence electrons. The Morgan fingerprint density at radius 3 is 2.35 bits per heavy atom. The highest BCUT2D eigenvalue weighted by molar-refractivity contribution is 7.89. The molecule has 2 aromatic carbocycles. The highest BCUT2D eigenvalue weighted by Crippen LogP contribution is 2.25. The number of nitrogens with two attached hydrogens (primary N) is 2. The fourth-order valence-corrected chi connectivity index (χ4v) is 3.68. The first-order valence-electron chi connectivity index (χ1n) is 9.26.